The predicted molar refractivity (Wildman–Crippen MR) is 153 cm³/mol. The number of carbonyl (C=O) groups is 1. The fraction of sp³-hybridized carbons (Fsp3) is 0.143. The van der Waals surface area contributed by atoms with E-state index < -0.39 is 22.5 Å². The van der Waals surface area contributed by atoms with Crippen LogP contribution in [0.15, 0.2) is 88.9 Å². The number of anilines is 1. The number of amides is 1. The third kappa shape index (κ3) is 6.10. The van der Waals surface area contributed by atoms with Gasteiger partial charge in [0.25, 0.3) is 15.9 Å². The number of sulfonamides is 1. The summed E-state index contributed by atoms with van der Waals surface area (Å²) < 4.78 is 30.1. The quantitative estimate of drug-likeness (QED) is 0.207. The van der Waals surface area contributed by atoms with Crippen molar-refractivity contribution in [3.05, 3.63) is 111 Å². The number of carbonyl (C=O) groups excluding carboxylic acids is 1. The Labute approximate surface area is 232 Å². The van der Waals surface area contributed by atoms with Crippen LogP contribution in [-0.2, 0) is 14.8 Å². The molecule has 38 heavy (non-hydrogen) atoms. The van der Waals surface area contributed by atoms with E-state index in [1.54, 1.807) is 12.1 Å². The Morgan fingerprint density at radius 1 is 0.947 bits per heavy atom. The van der Waals surface area contributed by atoms with E-state index in [-0.39, 0.29) is 20.6 Å². The highest BCUT2D eigenvalue weighted by Gasteiger charge is 2.28. The number of hydrazone groups is 1. The van der Waals surface area contributed by atoms with E-state index in [0.29, 0.717) is 0 Å². The van der Waals surface area contributed by atoms with Gasteiger partial charge < -0.3 is 4.57 Å². The van der Waals surface area contributed by atoms with Gasteiger partial charge in [-0.2, -0.15) is 5.10 Å². The van der Waals surface area contributed by atoms with Gasteiger partial charge in [0.2, 0.25) is 0 Å². The number of para-hydroxylation sites is 1. The summed E-state index contributed by atoms with van der Waals surface area (Å²) >= 11 is 12.3. The summed E-state index contributed by atoms with van der Waals surface area (Å²) in [6.45, 7) is 5.27. The van der Waals surface area contributed by atoms with Gasteiger partial charge in [0, 0.05) is 32.7 Å². The molecule has 7 nitrogen and oxygen atoms in total. The molecule has 0 aliphatic rings. The average molecular weight is 570 g/mol. The lowest BCUT2D eigenvalue weighted by Gasteiger charge is -2.24. The van der Waals surface area contributed by atoms with Crippen LogP contribution in [-0.4, -0.2) is 31.7 Å². The summed E-state index contributed by atoms with van der Waals surface area (Å²) in [6, 6.07) is 22.6. The molecule has 0 radical (unpaired) electrons. The first-order valence-corrected chi connectivity index (χ1v) is 13.9. The van der Waals surface area contributed by atoms with E-state index >= 15 is 0 Å². The number of nitrogens with one attached hydrogen (secondary N) is 1. The van der Waals surface area contributed by atoms with E-state index in [1.807, 2.05) is 57.2 Å². The van der Waals surface area contributed by atoms with Crippen molar-refractivity contribution >= 4 is 51.0 Å². The standard InChI is InChI=1S/C28H26Cl2N4O3S/c1-19-9-11-27(12-10-19)38(36,37)33(26-15-23(29)14-24(30)16-26)18-28(35)32-31-17-22-13-20(2)34(21(22)3)25-7-5-4-6-8-25/h4-17H,18H2,1-3H3,(H,32,35)/b31-17-. The fourth-order valence-corrected chi connectivity index (χ4v) is 5.99. The third-order valence-electron chi connectivity index (χ3n) is 5.91. The molecule has 1 heterocycles. The molecule has 0 saturated heterocycles. The van der Waals surface area contributed by atoms with Crippen molar-refractivity contribution in [2.75, 3.05) is 10.8 Å². The van der Waals surface area contributed by atoms with Gasteiger partial charge in [-0.25, -0.2) is 13.8 Å². The van der Waals surface area contributed by atoms with E-state index in [4.69, 9.17) is 23.2 Å². The van der Waals surface area contributed by atoms with Crippen LogP contribution >= 0.6 is 23.2 Å². The number of nitrogens with zero attached hydrogens (tertiary/aromatic N) is 3. The Morgan fingerprint density at radius 3 is 2.21 bits per heavy atom. The minimum atomic E-state index is -4.12. The van der Waals surface area contributed by atoms with Gasteiger partial charge in [0.05, 0.1) is 16.8 Å². The highest BCUT2D eigenvalue weighted by atomic mass is 35.5. The summed E-state index contributed by atoms with van der Waals surface area (Å²) in [5.41, 5.74) is 7.29. The van der Waals surface area contributed by atoms with Gasteiger partial charge in [-0.15, -0.1) is 0 Å². The third-order valence-corrected chi connectivity index (χ3v) is 8.13. The van der Waals surface area contributed by atoms with Crippen molar-refractivity contribution < 1.29 is 13.2 Å². The summed E-state index contributed by atoms with van der Waals surface area (Å²) in [7, 11) is -4.12. The second-order valence-corrected chi connectivity index (χ2v) is 11.5. The molecule has 0 fully saturated rings. The zero-order chi connectivity index (χ0) is 27.4. The number of hydrogen-bond acceptors (Lipinski definition) is 4. The number of halogens is 2. The Morgan fingerprint density at radius 2 is 1.58 bits per heavy atom. The van der Waals surface area contributed by atoms with Crippen molar-refractivity contribution in [2.24, 2.45) is 5.10 Å². The Bertz CT molecular complexity index is 1580. The van der Waals surface area contributed by atoms with Crippen LogP contribution < -0.4 is 9.73 Å². The first-order chi connectivity index (χ1) is 18.1. The lowest BCUT2D eigenvalue weighted by molar-refractivity contribution is -0.119. The molecule has 0 aliphatic carbocycles. The number of benzene rings is 3. The molecule has 196 valence electrons. The predicted octanol–water partition coefficient (Wildman–Crippen LogP) is 6.05. The number of rotatable bonds is 8. The monoisotopic (exact) mass is 568 g/mol. The summed E-state index contributed by atoms with van der Waals surface area (Å²) in [6.07, 6.45) is 1.54. The minimum absolute atomic E-state index is 0.0313. The topological polar surface area (TPSA) is 83.8 Å². The molecule has 0 bridgehead atoms. The van der Waals surface area contributed by atoms with Crippen LogP contribution in [0.5, 0.6) is 0 Å². The zero-order valence-corrected chi connectivity index (χ0v) is 23.3. The minimum Gasteiger partial charge on any atom is -0.318 e. The first-order valence-electron chi connectivity index (χ1n) is 11.7. The van der Waals surface area contributed by atoms with Crippen LogP contribution in [0.1, 0.15) is 22.5 Å². The summed E-state index contributed by atoms with van der Waals surface area (Å²) in [5, 5.41) is 4.57. The maximum Gasteiger partial charge on any atom is 0.264 e. The van der Waals surface area contributed by atoms with E-state index in [2.05, 4.69) is 15.1 Å². The highest BCUT2D eigenvalue weighted by molar-refractivity contribution is 7.92. The lowest BCUT2D eigenvalue weighted by atomic mass is 10.2. The van der Waals surface area contributed by atoms with Crippen LogP contribution in [0.4, 0.5) is 5.69 Å². The van der Waals surface area contributed by atoms with Gasteiger partial charge in [-0.1, -0.05) is 59.1 Å². The van der Waals surface area contributed by atoms with Crippen molar-refractivity contribution in [2.45, 2.75) is 25.7 Å². The van der Waals surface area contributed by atoms with Crippen molar-refractivity contribution in [1.29, 1.82) is 0 Å². The molecule has 0 atom stereocenters. The molecule has 0 aliphatic heterocycles. The number of hydrogen-bond donors (Lipinski definition) is 1. The van der Waals surface area contributed by atoms with Gasteiger partial charge in [0.15, 0.2) is 0 Å². The Hall–Kier alpha value is -3.59. The fourth-order valence-electron chi connectivity index (χ4n) is 4.07. The van der Waals surface area contributed by atoms with E-state index in [1.165, 1.54) is 36.5 Å². The molecule has 0 saturated carbocycles. The smallest absolute Gasteiger partial charge is 0.264 e. The lowest BCUT2D eigenvalue weighted by Crippen LogP contribution is -2.39. The van der Waals surface area contributed by atoms with Gasteiger partial charge >= 0.3 is 0 Å². The Kier molecular flexibility index (Phi) is 8.26. The molecular formula is C28H26Cl2N4O3S. The second kappa shape index (κ2) is 11.4. The summed E-state index contributed by atoms with van der Waals surface area (Å²) in [4.78, 5) is 12.9. The molecule has 1 aromatic heterocycles. The van der Waals surface area contributed by atoms with Gasteiger partial charge in [-0.3, -0.25) is 9.10 Å². The molecule has 1 N–H and O–H groups in total. The molecule has 1 amide bonds. The molecule has 3 aromatic carbocycles. The van der Waals surface area contributed by atoms with Crippen molar-refractivity contribution in [1.82, 2.24) is 9.99 Å². The maximum absolute atomic E-state index is 13.5. The summed E-state index contributed by atoms with van der Waals surface area (Å²) in [5.74, 6) is -0.634. The SMILES string of the molecule is Cc1ccc(S(=O)(=O)N(CC(=O)N/N=C\c2cc(C)n(-c3ccccc3)c2C)c2cc(Cl)cc(Cl)c2)cc1. The van der Waals surface area contributed by atoms with Crippen molar-refractivity contribution in [3.63, 3.8) is 0 Å². The highest BCUT2D eigenvalue weighted by Crippen LogP contribution is 2.29. The average Bonchev–Trinajstić information content (AvgIpc) is 3.15. The van der Waals surface area contributed by atoms with Gasteiger partial charge in [0.1, 0.15) is 6.54 Å². The van der Waals surface area contributed by atoms with Crippen LogP contribution in [0.3, 0.4) is 0 Å². The van der Waals surface area contributed by atoms with E-state index in [9.17, 15) is 13.2 Å². The maximum atomic E-state index is 13.5. The van der Waals surface area contributed by atoms with E-state index in [0.717, 1.165) is 32.5 Å². The molecule has 4 aromatic rings. The molecule has 10 heteroatoms. The normalized spacial score (nSPS) is 11.6. The Balaban J connectivity index is 1.58. The van der Waals surface area contributed by atoms with Gasteiger partial charge in [-0.05, 0) is 69.3 Å². The first kappa shape index (κ1) is 27.4. The van der Waals surface area contributed by atoms with Crippen LogP contribution in [0.2, 0.25) is 10.0 Å². The van der Waals surface area contributed by atoms with Crippen LogP contribution in [0, 0.1) is 20.8 Å². The number of aryl methyl sites for hydroxylation is 2. The largest absolute Gasteiger partial charge is 0.318 e. The molecule has 4 rings (SSSR count). The second-order valence-electron chi connectivity index (χ2n) is 8.74. The molecule has 0 spiro atoms. The molecular weight excluding hydrogens is 543 g/mol. The molecule has 0 unspecified atom stereocenters. The number of aromatic nitrogens is 1. The van der Waals surface area contributed by atoms with Crippen LogP contribution in [0.25, 0.3) is 5.69 Å². The van der Waals surface area contributed by atoms with Crippen molar-refractivity contribution in [3.8, 4) is 5.69 Å². The zero-order valence-electron chi connectivity index (χ0n) is 21.0.